The summed E-state index contributed by atoms with van der Waals surface area (Å²) in [5.41, 5.74) is -0.110. The van der Waals surface area contributed by atoms with Crippen molar-refractivity contribution in [1.82, 2.24) is 4.90 Å². The number of aliphatic hydroxyl groups excluding tert-OH is 1. The van der Waals surface area contributed by atoms with Crippen LogP contribution in [0.25, 0.3) is 0 Å². The van der Waals surface area contributed by atoms with Gasteiger partial charge in [0, 0.05) is 13.1 Å². The fourth-order valence-electron chi connectivity index (χ4n) is 3.35. The molecule has 17 heavy (non-hydrogen) atoms. The van der Waals surface area contributed by atoms with E-state index in [0.717, 1.165) is 19.0 Å². The van der Waals surface area contributed by atoms with Crippen molar-refractivity contribution in [3.05, 3.63) is 0 Å². The van der Waals surface area contributed by atoms with E-state index in [1.165, 1.54) is 38.6 Å². The average molecular weight is 241 g/mol. The van der Waals surface area contributed by atoms with Gasteiger partial charge < -0.3 is 9.84 Å². The largest absolute Gasteiger partial charge is 0.394 e. The van der Waals surface area contributed by atoms with Gasteiger partial charge in [-0.1, -0.05) is 25.7 Å². The van der Waals surface area contributed by atoms with Gasteiger partial charge in [0.05, 0.1) is 18.3 Å². The summed E-state index contributed by atoms with van der Waals surface area (Å²) in [7, 11) is 0. The van der Waals surface area contributed by atoms with Gasteiger partial charge in [-0.15, -0.1) is 0 Å². The summed E-state index contributed by atoms with van der Waals surface area (Å²) < 4.78 is 5.83. The second kappa shape index (κ2) is 5.68. The molecule has 1 aliphatic carbocycles. The van der Waals surface area contributed by atoms with Gasteiger partial charge in [0.1, 0.15) is 0 Å². The molecule has 1 unspecified atom stereocenters. The summed E-state index contributed by atoms with van der Waals surface area (Å²) in [4.78, 5) is 2.47. The zero-order valence-electron chi connectivity index (χ0n) is 11.3. The molecular weight excluding hydrogens is 214 g/mol. The van der Waals surface area contributed by atoms with E-state index in [9.17, 15) is 5.11 Å². The molecule has 1 N–H and O–H groups in total. The fourth-order valence-corrected chi connectivity index (χ4v) is 3.35. The van der Waals surface area contributed by atoms with E-state index in [-0.39, 0.29) is 18.3 Å². The van der Waals surface area contributed by atoms with Gasteiger partial charge in [0.2, 0.25) is 0 Å². The molecule has 0 spiro atoms. The third kappa shape index (κ3) is 3.94. The molecule has 0 aromatic heterocycles. The summed E-state index contributed by atoms with van der Waals surface area (Å²) in [6, 6.07) is 0. The standard InChI is InChI=1S/C14H27NO2/c1-14(2)11-15(9-13(10-16)17-14)8-7-12-5-3-4-6-12/h12-13,16H,3-11H2,1-2H3. The zero-order valence-corrected chi connectivity index (χ0v) is 11.3. The summed E-state index contributed by atoms with van der Waals surface area (Å²) in [5, 5.41) is 9.27. The van der Waals surface area contributed by atoms with Crippen LogP contribution in [-0.2, 0) is 4.74 Å². The van der Waals surface area contributed by atoms with E-state index in [0.29, 0.717) is 0 Å². The SMILES string of the molecule is CC1(C)CN(CCC2CCCC2)CC(CO)O1. The number of nitrogens with zero attached hydrogens (tertiary/aromatic N) is 1. The van der Waals surface area contributed by atoms with E-state index in [1.807, 2.05) is 0 Å². The minimum Gasteiger partial charge on any atom is -0.394 e. The number of morpholine rings is 1. The average Bonchev–Trinajstić information content (AvgIpc) is 2.77. The van der Waals surface area contributed by atoms with Crippen LogP contribution < -0.4 is 0 Å². The van der Waals surface area contributed by atoms with Crippen molar-refractivity contribution in [2.75, 3.05) is 26.2 Å². The van der Waals surface area contributed by atoms with Crippen molar-refractivity contribution >= 4 is 0 Å². The van der Waals surface area contributed by atoms with Gasteiger partial charge in [-0.25, -0.2) is 0 Å². The zero-order chi connectivity index (χ0) is 12.3. The smallest absolute Gasteiger partial charge is 0.0940 e. The lowest BCUT2D eigenvalue weighted by atomic mass is 10.0. The van der Waals surface area contributed by atoms with Gasteiger partial charge in [-0.05, 0) is 32.7 Å². The Hall–Kier alpha value is -0.120. The topological polar surface area (TPSA) is 32.7 Å². The normalized spacial score (nSPS) is 30.9. The molecule has 1 saturated carbocycles. The molecule has 100 valence electrons. The molecule has 0 radical (unpaired) electrons. The summed E-state index contributed by atoms with van der Waals surface area (Å²) >= 11 is 0. The predicted octanol–water partition coefficient (Wildman–Crippen LogP) is 2.04. The molecule has 2 fully saturated rings. The van der Waals surface area contributed by atoms with E-state index < -0.39 is 0 Å². The highest BCUT2D eigenvalue weighted by atomic mass is 16.5. The highest BCUT2D eigenvalue weighted by molar-refractivity contribution is 4.84. The molecular formula is C14H27NO2. The van der Waals surface area contributed by atoms with Crippen LogP contribution in [0.15, 0.2) is 0 Å². The van der Waals surface area contributed by atoms with Gasteiger partial charge >= 0.3 is 0 Å². The monoisotopic (exact) mass is 241 g/mol. The van der Waals surface area contributed by atoms with Gasteiger partial charge in [0.25, 0.3) is 0 Å². The molecule has 1 saturated heterocycles. The van der Waals surface area contributed by atoms with Crippen LogP contribution in [0, 0.1) is 5.92 Å². The van der Waals surface area contributed by atoms with Crippen LogP contribution in [0.5, 0.6) is 0 Å². The van der Waals surface area contributed by atoms with Gasteiger partial charge in [-0.3, -0.25) is 4.90 Å². The maximum absolute atomic E-state index is 9.27. The van der Waals surface area contributed by atoms with E-state index in [4.69, 9.17) is 4.74 Å². The maximum Gasteiger partial charge on any atom is 0.0940 e. The number of rotatable bonds is 4. The number of aliphatic hydroxyl groups is 1. The Labute approximate surface area is 105 Å². The number of ether oxygens (including phenoxy) is 1. The third-order valence-corrected chi connectivity index (χ3v) is 4.08. The first kappa shape index (κ1) is 13.3. The van der Waals surface area contributed by atoms with Crippen molar-refractivity contribution in [3.63, 3.8) is 0 Å². The Morgan fingerprint density at radius 1 is 1.29 bits per heavy atom. The molecule has 3 nitrogen and oxygen atoms in total. The predicted molar refractivity (Wildman–Crippen MR) is 69.1 cm³/mol. The molecule has 3 heteroatoms. The Kier molecular flexibility index (Phi) is 4.45. The molecule has 0 aromatic carbocycles. The van der Waals surface area contributed by atoms with Crippen LogP contribution in [-0.4, -0.2) is 48.0 Å². The van der Waals surface area contributed by atoms with E-state index in [2.05, 4.69) is 18.7 Å². The van der Waals surface area contributed by atoms with Gasteiger partial charge in [0.15, 0.2) is 0 Å². The lowest BCUT2D eigenvalue weighted by Gasteiger charge is -2.42. The highest BCUT2D eigenvalue weighted by Crippen LogP contribution is 2.28. The number of hydrogen-bond donors (Lipinski definition) is 1. The van der Waals surface area contributed by atoms with Crippen LogP contribution >= 0.6 is 0 Å². The molecule has 0 amide bonds. The minimum atomic E-state index is -0.110. The minimum absolute atomic E-state index is 0.00216. The maximum atomic E-state index is 9.27. The van der Waals surface area contributed by atoms with E-state index in [1.54, 1.807) is 0 Å². The summed E-state index contributed by atoms with van der Waals surface area (Å²) in [6.07, 6.45) is 7.04. The molecule has 1 atom stereocenters. The second-order valence-electron chi connectivity index (χ2n) is 6.36. The third-order valence-electron chi connectivity index (χ3n) is 4.08. The molecule has 2 aliphatic rings. The van der Waals surface area contributed by atoms with Crippen molar-refractivity contribution in [2.45, 2.75) is 57.7 Å². The van der Waals surface area contributed by atoms with Crippen molar-refractivity contribution < 1.29 is 9.84 Å². The quantitative estimate of drug-likeness (QED) is 0.817. The van der Waals surface area contributed by atoms with Crippen LogP contribution in [0.1, 0.15) is 46.0 Å². The first-order valence-electron chi connectivity index (χ1n) is 7.10. The Morgan fingerprint density at radius 3 is 2.65 bits per heavy atom. The number of hydrogen-bond acceptors (Lipinski definition) is 3. The molecule has 0 aromatic rings. The van der Waals surface area contributed by atoms with Crippen LogP contribution in [0.4, 0.5) is 0 Å². The first-order valence-corrected chi connectivity index (χ1v) is 7.10. The fraction of sp³-hybridized carbons (Fsp3) is 1.00. The van der Waals surface area contributed by atoms with E-state index >= 15 is 0 Å². The Bertz CT molecular complexity index is 236. The summed E-state index contributed by atoms with van der Waals surface area (Å²) in [6.45, 7) is 7.45. The molecule has 2 rings (SSSR count). The first-order chi connectivity index (χ1) is 8.09. The van der Waals surface area contributed by atoms with Crippen LogP contribution in [0.2, 0.25) is 0 Å². The Morgan fingerprint density at radius 2 is 2.00 bits per heavy atom. The second-order valence-corrected chi connectivity index (χ2v) is 6.36. The van der Waals surface area contributed by atoms with Crippen molar-refractivity contribution in [3.8, 4) is 0 Å². The summed E-state index contributed by atoms with van der Waals surface area (Å²) in [5.74, 6) is 0.952. The van der Waals surface area contributed by atoms with Crippen molar-refractivity contribution in [2.24, 2.45) is 5.92 Å². The highest BCUT2D eigenvalue weighted by Gasteiger charge is 2.33. The molecule has 1 aliphatic heterocycles. The van der Waals surface area contributed by atoms with Crippen molar-refractivity contribution in [1.29, 1.82) is 0 Å². The van der Waals surface area contributed by atoms with Gasteiger partial charge in [-0.2, -0.15) is 0 Å². The van der Waals surface area contributed by atoms with Crippen LogP contribution in [0.3, 0.4) is 0 Å². The lowest BCUT2D eigenvalue weighted by molar-refractivity contribution is -0.149. The molecule has 0 bridgehead atoms. The lowest BCUT2D eigenvalue weighted by Crippen LogP contribution is -2.54. The molecule has 1 heterocycles. The Balaban J connectivity index is 1.78.